The van der Waals surface area contributed by atoms with E-state index in [9.17, 15) is 15.3 Å². The highest BCUT2D eigenvalue weighted by atomic mass is 16.3. The number of rotatable bonds is 8. The minimum atomic E-state index is -0.390. The first-order valence-corrected chi connectivity index (χ1v) is 10.6. The lowest BCUT2D eigenvalue weighted by molar-refractivity contribution is 0.101. The molecule has 0 heterocycles. The molecule has 1 aromatic rings. The third-order valence-corrected chi connectivity index (χ3v) is 6.40. The Balaban J connectivity index is 2.29. The van der Waals surface area contributed by atoms with Crippen LogP contribution in [-0.2, 0) is 5.41 Å². The Morgan fingerprint density at radius 1 is 1.11 bits per heavy atom. The summed E-state index contributed by atoms with van der Waals surface area (Å²) in [5, 5.41) is 31.8. The highest BCUT2D eigenvalue weighted by Crippen LogP contribution is 2.48. The number of hydrogen-bond acceptors (Lipinski definition) is 3. The van der Waals surface area contributed by atoms with Gasteiger partial charge in [0.05, 0.1) is 6.10 Å². The number of benzene rings is 1. The molecular weight excluding hydrogens is 336 g/mol. The molecule has 1 unspecified atom stereocenters. The summed E-state index contributed by atoms with van der Waals surface area (Å²) in [6.45, 7) is 12.7. The van der Waals surface area contributed by atoms with E-state index in [1.54, 1.807) is 0 Å². The van der Waals surface area contributed by atoms with E-state index in [1.165, 1.54) is 19.3 Å². The van der Waals surface area contributed by atoms with Crippen molar-refractivity contribution in [2.45, 2.75) is 96.5 Å². The third kappa shape index (κ3) is 5.28. The summed E-state index contributed by atoms with van der Waals surface area (Å²) in [4.78, 5) is 0. The molecular formula is C24H38O3. The van der Waals surface area contributed by atoms with Crippen LogP contribution in [0.15, 0.2) is 24.3 Å². The highest BCUT2D eigenvalue weighted by Gasteiger charge is 2.35. The van der Waals surface area contributed by atoms with Crippen LogP contribution >= 0.6 is 0 Å². The molecule has 3 atom stereocenters. The Morgan fingerprint density at radius 3 is 2.30 bits per heavy atom. The maximum atomic E-state index is 10.8. The fourth-order valence-corrected chi connectivity index (χ4v) is 4.59. The Kier molecular flexibility index (Phi) is 7.39. The van der Waals surface area contributed by atoms with E-state index in [0.29, 0.717) is 12.0 Å². The second-order valence-electron chi connectivity index (χ2n) is 9.15. The minimum absolute atomic E-state index is 0.0898. The average Bonchev–Trinajstić information content (AvgIpc) is 2.58. The van der Waals surface area contributed by atoms with Crippen molar-refractivity contribution >= 4 is 0 Å². The summed E-state index contributed by atoms with van der Waals surface area (Å²) < 4.78 is 0. The van der Waals surface area contributed by atoms with Crippen LogP contribution in [0.25, 0.3) is 0 Å². The van der Waals surface area contributed by atoms with Crippen LogP contribution in [0.2, 0.25) is 0 Å². The number of allylic oxidation sites excluding steroid dienone is 1. The molecule has 27 heavy (non-hydrogen) atoms. The van der Waals surface area contributed by atoms with Gasteiger partial charge in [-0.1, -0.05) is 58.6 Å². The number of hydrogen-bond donors (Lipinski definition) is 3. The normalized spacial score (nSPS) is 23.4. The largest absolute Gasteiger partial charge is 0.508 e. The zero-order valence-corrected chi connectivity index (χ0v) is 17.6. The van der Waals surface area contributed by atoms with E-state index in [4.69, 9.17) is 0 Å². The smallest absolute Gasteiger partial charge is 0.123 e. The van der Waals surface area contributed by atoms with Crippen molar-refractivity contribution < 1.29 is 15.3 Å². The van der Waals surface area contributed by atoms with E-state index in [1.807, 2.05) is 19.1 Å². The van der Waals surface area contributed by atoms with Gasteiger partial charge in [-0.05, 0) is 61.6 Å². The van der Waals surface area contributed by atoms with Crippen LogP contribution < -0.4 is 0 Å². The summed E-state index contributed by atoms with van der Waals surface area (Å²) in [6, 6.07) is 3.65. The number of aromatic hydroxyl groups is 2. The Morgan fingerprint density at radius 2 is 1.74 bits per heavy atom. The molecule has 1 saturated carbocycles. The van der Waals surface area contributed by atoms with Gasteiger partial charge in [-0.2, -0.15) is 0 Å². The Labute approximate surface area is 165 Å². The first-order chi connectivity index (χ1) is 12.7. The van der Waals surface area contributed by atoms with Crippen LogP contribution in [0, 0.1) is 5.92 Å². The number of phenolic OH excluding ortho intramolecular Hbond substituents is 2. The molecule has 0 aromatic heterocycles. The zero-order chi connectivity index (χ0) is 20.2. The molecule has 0 aliphatic heterocycles. The SMILES string of the molecule is C=C(C)[C@H]1CCC(O)C[C@@H]1c1c(O)cc(C(C)(C)CCCCCC)cc1O. The van der Waals surface area contributed by atoms with Gasteiger partial charge in [-0.25, -0.2) is 0 Å². The lowest BCUT2D eigenvalue weighted by Gasteiger charge is -2.36. The lowest BCUT2D eigenvalue weighted by atomic mass is 9.70. The summed E-state index contributed by atoms with van der Waals surface area (Å²) in [6.07, 6.45) is 7.61. The fourth-order valence-electron chi connectivity index (χ4n) is 4.59. The van der Waals surface area contributed by atoms with Crippen molar-refractivity contribution in [2.24, 2.45) is 5.92 Å². The van der Waals surface area contributed by atoms with Gasteiger partial charge in [0.2, 0.25) is 0 Å². The second kappa shape index (κ2) is 9.14. The number of aliphatic hydroxyl groups excluding tert-OH is 1. The van der Waals surface area contributed by atoms with Crippen LogP contribution in [-0.4, -0.2) is 21.4 Å². The van der Waals surface area contributed by atoms with Crippen molar-refractivity contribution in [3.63, 3.8) is 0 Å². The molecule has 0 spiro atoms. The molecule has 0 saturated heterocycles. The van der Waals surface area contributed by atoms with Crippen LogP contribution in [0.5, 0.6) is 11.5 Å². The van der Waals surface area contributed by atoms with Crippen molar-refractivity contribution in [3.8, 4) is 11.5 Å². The average molecular weight is 375 g/mol. The molecule has 152 valence electrons. The maximum absolute atomic E-state index is 10.8. The number of phenols is 2. The molecule has 3 N–H and O–H groups in total. The van der Waals surface area contributed by atoms with Gasteiger partial charge in [0.15, 0.2) is 0 Å². The summed E-state index contributed by atoms with van der Waals surface area (Å²) in [5.74, 6) is 0.389. The van der Waals surface area contributed by atoms with Gasteiger partial charge in [-0.15, -0.1) is 0 Å². The molecule has 3 heteroatoms. The zero-order valence-electron chi connectivity index (χ0n) is 17.6. The molecule has 0 amide bonds. The Bertz CT molecular complexity index is 624. The summed E-state index contributed by atoms with van der Waals surface area (Å²) in [7, 11) is 0. The number of unbranched alkanes of at least 4 members (excludes halogenated alkanes) is 3. The van der Waals surface area contributed by atoms with Crippen molar-refractivity contribution in [3.05, 3.63) is 35.4 Å². The first kappa shape index (κ1) is 21.8. The van der Waals surface area contributed by atoms with Crippen LogP contribution in [0.1, 0.15) is 96.1 Å². The third-order valence-electron chi connectivity index (χ3n) is 6.40. The minimum Gasteiger partial charge on any atom is -0.508 e. The van der Waals surface area contributed by atoms with Gasteiger partial charge in [-0.3, -0.25) is 0 Å². The van der Waals surface area contributed by atoms with Gasteiger partial charge < -0.3 is 15.3 Å². The van der Waals surface area contributed by atoms with E-state index in [-0.39, 0.29) is 34.9 Å². The quantitative estimate of drug-likeness (QED) is 0.377. The molecule has 2 rings (SSSR count). The molecule has 1 aliphatic carbocycles. The molecule has 0 bridgehead atoms. The van der Waals surface area contributed by atoms with Crippen molar-refractivity contribution in [1.29, 1.82) is 0 Å². The fraction of sp³-hybridized carbons (Fsp3) is 0.667. The monoisotopic (exact) mass is 374 g/mol. The first-order valence-electron chi connectivity index (χ1n) is 10.6. The van der Waals surface area contributed by atoms with Crippen molar-refractivity contribution in [2.75, 3.05) is 0 Å². The molecule has 1 aromatic carbocycles. The van der Waals surface area contributed by atoms with Crippen molar-refractivity contribution in [1.82, 2.24) is 0 Å². The van der Waals surface area contributed by atoms with E-state index in [0.717, 1.165) is 36.8 Å². The molecule has 1 aliphatic rings. The van der Waals surface area contributed by atoms with E-state index >= 15 is 0 Å². The van der Waals surface area contributed by atoms with Crippen LogP contribution in [0.4, 0.5) is 0 Å². The van der Waals surface area contributed by atoms with Gasteiger partial charge in [0.25, 0.3) is 0 Å². The van der Waals surface area contributed by atoms with Crippen LogP contribution in [0.3, 0.4) is 0 Å². The van der Waals surface area contributed by atoms with Gasteiger partial charge in [0.1, 0.15) is 11.5 Å². The maximum Gasteiger partial charge on any atom is 0.123 e. The topological polar surface area (TPSA) is 60.7 Å². The standard InChI is InChI=1S/C24H38O3/c1-6-7-8-9-12-24(4,5)17-13-21(26)23(22(27)14-17)20-15-18(25)10-11-19(20)16(2)3/h13-14,18-20,25-27H,2,6-12,15H2,1,3-5H3/t18?,19-,20+/m1/s1. The highest BCUT2D eigenvalue weighted by molar-refractivity contribution is 5.51. The molecule has 1 fully saturated rings. The van der Waals surface area contributed by atoms with Gasteiger partial charge in [0, 0.05) is 11.5 Å². The molecule has 3 nitrogen and oxygen atoms in total. The Hall–Kier alpha value is -1.48. The summed E-state index contributed by atoms with van der Waals surface area (Å²) >= 11 is 0. The van der Waals surface area contributed by atoms with E-state index in [2.05, 4.69) is 27.4 Å². The van der Waals surface area contributed by atoms with E-state index < -0.39 is 0 Å². The lowest BCUT2D eigenvalue weighted by Crippen LogP contribution is -2.27. The molecule has 0 radical (unpaired) electrons. The summed E-state index contributed by atoms with van der Waals surface area (Å²) in [5.41, 5.74) is 2.50. The van der Waals surface area contributed by atoms with Gasteiger partial charge >= 0.3 is 0 Å². The predicted molar refractivity (Wildman–Crippen MR) is 112 cm³/mol. The number of aliphatic hydroxyl groups is 1. The second-order valence-corrected chi connectivity index (χ2v) is 9.15. The predicted octanol–water partition coefficient (Wildman–Crippen LogP) is 6.17.